The van der Waals surface area contributed by atoms with Crippen molar-refractivity contribution in [3.05, 3.63) is 59.9 Å². The minimum atomic E-state index is -5.15. The largest absolute Gasteiger partial charge is 0.513 e. The Kier molecular flexibility index (Phi) is 3.78. The molecule has 6 heteroatoms. The number of hydrogen-bond acceptors (Lipinski definition) is 1. The molecule has 2 aromatic carbocycles. The SMILES string of the molecule is Fc1ccccc1COc1ccccc1[B-](F)(F)F. The third-order valence-electron chi connectivity index (χ3n) is 2.61. The molecule has 1 nitrogen and oxygen atoms in total. The first-order chi connectivity index (χ1) is 8.98. The Labute approximate surface area is 107 Å². The Hall–Kier alpha value is -1.98. The van der Waals surface area contributed by atoms with Gasteiger partial charge in [-0.05, 0) is 12.1 Å². The van der Waals surface area contributed by atoms with Gasteiger partial charge in [0, 0.05) is 5.56 Å². The summed E-state index contributed by atoms with van der Waals surface area (Å²) >= 11 is 0. The van der Waals surface area contributed by atoms with E-state index in [0.717, 1.165) is 6.07 Å². The molecule has 0 fully saturated rings. The van der Waals surface area contributed by atoms with E-state index < -0.39 is 18.3 Å². The maximum Gasteiger partial charge on any atom is 0.513 e. The molecule has 0 unspecified atom stereocenters. The molecule has 0 N–H and O–H groups in total. The van der Waals surface area contributed by atoms with Gasteiger partial charge in [-0.3, -0.25) is 0 Å². The maximum absolute atomic E-state index is 13.3. The van der Waals surface area contributed by atoms with E-state index in [2.05, 4.69) is 0 Å². The first-order valence-electron chi connectivity index (χ1n) is 5.63. The normalized spacial score (nSPS) is 11.4. The van der Waals surface area contributed by atoms with Crippen LogP contribution in [0.3, 0.4) is 0 Å². The van der Waals surface area contributed by atoms with Crippen LogP contribution in [0.4, 0.5) is 17.3 Å². The monoisotopic (exact) mass is 269 g/mol. The maximum atomic E-state index is 13.3. The molecule has 100 valence electrons. The summed E-state index contributed by atoms with van der Waals surface area (Å²) in [5.74, 6) is -0.782. The Morgan fingerprint density at radius 2 is 1.53 bits per heavy atom. The van der Waals surface area contributed by atoms with E-state index in [-0.39, 0.29) is 17.9 Å². The van der Waals surface area contributed by atoms with Crippen LogP contribution in [-0.2, 0) is 6.61 Å². The van der Waals surface area contributed by atoms with Crippen LogP contribution in [0.1, 0.15) is 5.56 Å². The van der Waals surface area contributed by atoms with Gasteiger partial charge in [-0.25, -0.2) is 4.39 Å². The van der Waals surface area contributed by atoms with Gasteiger partial charge in [0.15, 0.2) is 0 Å². The van der Waals surface area contributed by atoms with Crippen LogP contribution < -0.4 is 10.2 Å². The molecule has 2 aromatic rings. The highest BCUT2D eigenvalue weighted by molar-refractivity contribution is 6.74. The van der Waals surface area contributed by atoms with Crippen molar-refractivity contribution in [3.8, 4) is 5.75 Å². The van der Waals surface area contributed by atoms with Crippen LogP contribution in [0.5, 0.6) is 5.75 Å². The molecular weight excluding hydrogens is 259 g/mol. The zero-order chi connectivity index (χ0) is 13.9. The second-order valence-corrected chi connectivity index (χ2v) is 3.99. The molecule has 0 heterocycles. The van der Waals surface area contributed by atoms with Crippen LogP contribution in [0, 0.1) is 5.82 Å². The van der Waals surface area contributed by atoms with E-state index in [1.54, 1.807) is 6.07 Å². The number of rotatable bonds is 4. The van der Waals surface area contributed by atoms with Crippen molar-refractivity contribution in [2.75, 3.05) is 0 Å². The average Bonchev–Trinajstić information content (AvgIpc) is 2.37. The van der Waals surface area contributed by atoms with Crippen LogP contribution in [-0.4, -0.2) is 6.98 Å². The lowest BCUT2D eigenvalue weighted by Crippen LogP contribution is -2.35. The van der Waals surface area contributed by atoms with Gasteiger partial charge in [0.25, 0.3) is 0 Å². The van der Waals surface area contributed by atoms with E-state index in [4.69, 9.17) is 4.74 Å². The number of halogens is 4. The molecule has 0 atom stereocenters. The van der Waals surface area contributed by atoms with Gasteiger partial charge in [0.2, 0.25) is 0 Å². The highest BCUT2D eigenvalue weighted by Gasteiger charge is 2.28. The molecule has 0 amide bonds. The van der Waals surface area contributed by atoms with E-state index in [1.165, 1.54) is 36.4 Å². The minimum Gasteiger partial charge on any atom is -0.492 e. The van der Waals surface area contributed by atoms with Gasteiger partial charge in [0.1, 0.15) is 12.4 Å². The number of benzene rings is 2. The fourth-order valence-electron chi connectivity index (χ4n) is 1.65. The molecule has 0 spiro atoms. The number of ether oxygens (including phenoxy) is 1. The number of para-hydroxylation sites is 1. The summed E-state index contributed by atoms with van der Waals surface area (Å²) in [7, 11) is 0. The number of hydrogen-bond donors (Lipinski definition) is 0. The first-order valence-corrected chi connectivity index (χ1v) is 5.63. The fraction of sp³-hybridized carbons (Fsp3) is 0.0769. The Bertz CT molecular complexity index is 569. The summed E-state index contributed by atoms with van der Waals surface area (Å²) in [6, 6.07) is 10.7. The van der Waals surface area contributed by atoms with Crippen molar-refractivity contribution >= 4 is 12.4 Å². The minimum absolute atomic E-state index is 0.215. The van der Waals surface area contributed by atoms with E-state index in [1.807, 2.05) is 0 Å². The third kappa shape index (κ3) is 3.27. The summed E-state index contributed by atoms with van der Waals surface area (Å²) in [6.07, 6.45) is 0. The smallest absolute Gasteiger partial charge is 0.492 e. The summed E-state index contributed by atoms with van der Waals surface area (Å²) in [4.78, 5) is 0. The second-order valence-electron chi connectivity index (χ2n) is 3.99. The van der Waals surface area contributed by atoms with Gasteiger partial charge < -0.3 is 17.7 Å². The molecule has 0 bridgehead atoms. The van der Waals surface area contributed by atoms with Crippen molar-refractivity contribution < 1.29 is 22.1 Å². The zero-order valence-corrected chi connectivity index (χ0v) is 9.82. The highest BCUT2D eigenvalue weighted by Crippen LogP contribution is 2.19. The van der Waals surface area contributed by atoms with Crippen molar-refractivity contribution in [1.82, 2.24) is 0 Å². The molecule has 0 aromatic heterocycles. The van der Waals surface area contributed by atoms with E-state index in [0.29, 0.717) is 0 Å². The fourth-order valence-corrected chi connectivity index (χ4v) is 1.65. The lowest BCUT2D eigenvalue weighted by molar-refractivity contribution is 0.300. The molecule has 0 saturated heterocycles. The lowest BCUT2D eigenvalue weighted by atomic mass is 9.79. The Morgan fingerprint density at radius 3 is 2.21 bits per heavy atom. The van der Waals surface area contributed by atoms with Gasteiger partial charge in [-0.2, -0.15) is 0 Å². The van der Waals surface area contributed by atoms with Crippen LogP contribution in [0.15, 0.2) is 48.5 Å². The molecule has 0 aliphatic carbocycles. The quantitative estimate of drug-likeness (QED) is 0.610. The van der Waals surface area contributed by atoms with Crippen molar-refractivity contribution in [3.63, 3.8) is 0 Å². The van der Waals surface area contributed by atoms with Crippen molar-refractivity contribution in [2.24, 2.45) is 0 Å². The van der Waals surface area contributed by atoms with Gasteiger partial charge >= 0.3 is 6.98 Å². The standard InChI is InChI=1S/C13H10BF4O/c15-12-7-3-1-5-10(12)9-19-13-8-4-2-6-11(13)14(16,17)18/h1-8H,9H2/q-1. The van der Waals surface area contributed by atoms with Crippen molar-refractivity contribution in [2.45, 2.75) is 6.61 Å². The highest BCUT2D eigenvalue weighted by atomic mass is 19.4. The first kappa shape index (κ1) is 13.5. The predicted octanol–water partition coefficient (Wildman–Crippen LogP) is 3.46. The van der Waals surface area contributed by atoms with Gasteiger partial charge in [-0.1, -0.05) is 41.9 Å². The van der Waals surface area contributed by atoms with E-state index in [9.17, 15) is 17.3 Å². The predicted molar refractivity (Wildman–Crippen MR) is 65.9 cm³/mol. The van der Waals surface area contributed by atoms with Crippen LogP contribution in [0.25, 0.3) is 0 Å². The summed E-state index contributed by atoms with van der Waals surface area (Å²) < 4.78 is 56.7. The van der Waals surface area contributed by atoms with Gasteiger partial charge in [-0.15, -0.1) is 0 Å². The lowest BCUT2D eigenvalue weighted by Gasteiger charge is -2.19. The summed E-state index contributed by atoms with van der Waals surface area (Å²) in [5.41, 5.74) is -0.592. The molecule has 0 radical (unpaired) electrons. The second kappa shape index (κ2) is 5.34. The Balaban J connectivity index is 2.19. The molecule has 2 rings (SSSR count). The van der Waals surface area contributed by atoms with Crippen LogP contribution in [0.2, 0.25) is 0 Å². The summed E-state index contributed by atoms with van der Waals surface area (Å²) in [6.45, 7) is -5.39. The average molecular weight is 269 g/mol. The molecule has 0 saturated carbocycles. The molecular formula is C13H10BF4O-. The Morgan fingerprint density at radius 1 is 0.895 bits per heavy atom. The molecule has 0 aliphatic heterocycles. The molecule has 0 aliphatic rings. The van der Waals surface area contributed by atoms with Gasteiger partial charge in [0.05, 0.1) is 5.75 Å². The zero-order valence-electron chi connectivity index (χ0n) is 9.82. The third-order valence-corrected chi connectivity index (χ3v) is 2.61. The summed E-state index contributed by atoms with van der Waals surface area (Å²) in [5, 5.41) is 0. The topological polar surface area (TPSA) is 9.23 Å². The van der Waals surface area contributed by atoms with Crippen molar-refractivity contribution in [1.29, 1.82) is 0 Å². The molecule has 19 heavy (non-hydrogen) atoms. The van der Waals surface area contributed by atoms with Crippen LogP contribution >= 0.6 is 0 Å². The van der Waals surface area contributed by atoms with E-state index >= 15 is 0 Å².